The highest BCUT2D eigenvalue weighted by molar-refractivity contribution is 5.79. The predicted octanol–water partition coefficient (Wildman–Crippen LogP) is 1.92. The van der Waals surface area contributed by atoms with Crippen LogP contribution in [0.2, 0.25) is 0 Å². The first-order valence-electron chi connectivity index (χ1n) is 10.4. The lowest BCUT2D eigenvalue weighted by molar-refractivity contribution is 0.0341. The van der Waals surface area contributed by atoms with Gasteiger partial charge in [-0.3, -0.25) is 4.90 Å². The minimum Gasteiger partial charge on any atom is -0.379 e. The average molecular weight is 376 g/mol. The van der Waals surface area contributed by atoms with Gasteiger partial charge in [0.1, 0.15) is 0 Å². The average Bonchev–Trinajstić information content (AvgIpc) is 2.71. The van der Waals surface area contributed by atoms with Crippen LogP contribution in [0.1, 0.15) is 31.9 Å². The van der Waals surface area contributed by atoms with Crippen LogP contribution in [0, 0.1) is 0 Å². The van der Waals surface area contributed by atoms with Crippen molar-refractivity contribution in [2.24, 2.45) is 4.99 Å². The van der Waals surface area contributed by atoms with Gasteiger partial charge >= 0.3 is 0 Å². The van der Waals surface area contributed by atoms with E-state index in [1.807, 2.05) is 0 Å². The first-order chi connectivity index (χ1) is 13.3. The Balaban J connectivity index is 1.93. The van der Waals surface area contributed by atoms with E-state index in [1.54, 1.807) is 0 Å². The van der Waals surface area contributed by atoms with Crippen molar-refractivity contribution in [3.63, 3.8) is 0 Å². The van der Waals surface area contributed by atoms with Crippen LogP contribution < -0.4 is 10.6 Å². The van der Waals surface area contributed by atoms with Crippen molar-refractivity contribution in [1.29, 1.82) is 0 Å². The van der Waals surface area contributed by atoms with Crippen molar-refractivity contribution in [2.45, 2.75) is 33.9 Å². The van der Waals surface area contributed by atoms with Crippen molar-refractivity contribution in [2.75, 3.05) is 59.0 Å². The van der Waals surface area contributed by atoms with E-state index in [4.69, 9.17) is 9.73 Å². The standard InChI is InChI=1S/C21H37N5O/c1-4-22-21(23-11-12-25(5-2)6-3)24-17-19-9-7-8-10-20(19)18-26-13-15-27-16-14-26/h7-10H,4-6,11-18H2,1-3H3,(H2,22,23,24). The van der Waals surface area contributed by atoms with Gasteiger partial charge in [-0.1, -0.05) is 38.1 Å². The number of hydrogen-bond acceptors (Lipinski definition) is 4. The summed E-state index contributed by atoms with van der Waals surface area (Å²) >= 11 is 0. The zero-order chi connectivity index (χ0) is 19.3. The van der Waals surface area contributed by atoms with Crippen molar-refractivity contribution in [1.82, 2.24) is 20.4 Å². The Morgan fingerprint density at radius 1 is 1.07 bits per heavy atom. The monoisotopic (exact) mass is 375 g/mol. The number of likely N-dealkylation sites (N-methyl/N-ethyl adjacent to an activating group) is 1. The summed E-state index contributed by atoms with van der Waals surface area (Å²) in [7, 11) is 0. The van der Waals surface area contributed by atoms with Gasteiger partial charge in [0, 0.05) is 39.3 Å². The summed E-state index contributed by atoms with van der Waals surface area (Å²) in [6.07, 6.45) is 0. The van der Waals surface area contributed by atoms with Crippen LogP contribution in [0.15, 0.2) is 29.3 Å². The van der Waals surface area contributed by atoms with Gasteiger partial charge in [0.25, 0.3) is 0 Å². The fraction of sp³-hybridized carbons (Fsp3) is 0.667. The zero-order valence-corrected chi connectivity index (χ0v) is 17.3. The van der Waals surface area contributed by atoms with Gasteiger partial charge in [-0.15, -0.1) is 0 Å². The SMILES string of the molecule is CCNC(=NCc1ccccc1CN1CCOCC1)NCCN(CC)CC. The van der Waals surface area contributed by atoms with E-state index in [2.05, 4.69) is 65.5 Å². The van der Waals surface area contributed by atoms with E-state index in [1.165, 1.54) is 11.1 Å². The fourth-order valence-corrected chi connectivity index (χ4v) is 3.24. The zero-order valence-electron chi connectivity index (χ0n) is 17.3. The van der Waals surface area contributed by atoms with Gasteiger partial charge in [0.2, 0.25) is 0 Å². The van der Waals surface area contributed by atoms with Crippen LogP contribution in [-0.4, -0.2) is 74.8 Å². The summed E-state index contributed by atoms with van der Waals surface area (Å²) in [5.41, 5.74) is 2.66. The molecule has 1 fully saturated rings. The molecule has 1 aromatic rings. The van der Waals surface area contributed by atoms with Gasteiger partial charge in [-0.2, -0.15) is 0 Å². The molecular weight excluding hydrogens is 338 g/mol. The third-order valence-corrected chi connectivity index (χ3v) is 4.98. The number of aliphatic imine (C=N–C) groups is 1. The Labute approximate surface area is 165 Å². The molecular formula is C21H37N5O. The van der Waals surface area contributed by atoms with Gasteiger partial charge in [0.05, 0.1) is 19.8 Å². The summed E-state index contributed by atoms with van der Waals surface area (Å²) < 4.78 is 5.46. The molecule has 0 spiro atoms. The highest BCUT2D eigenvalue weighted by Crippen LogP contribution is 2.14. The Bertz CT molecular complexity index is 553. The minimum atomic E-state index is 0.696. The largest absolute Gasteiger partial charge is 0.379 e. The number of morpholine rings is 1. The van der Waals surface area contributed by atoms with Gasteiger partial charge in [-0.25, -0.2) is 4.99 Å². The molecule has 1 saturated heterocycles. The molecule has 0 atom stereocenters. The number of benzene rings is 1. The maximum Gasteiger partial charge on any atom is 0.191 e. The van der Waals surface area contributed by atoms with Crippen LogP contribution in [0.3, 0.4) is 0 Å². The maximum absolute atomic E-state index is 5.46. The molecule has 0 aromatic heterocycles. The molecule has 1 aliphatic rings. The minimum absolute atomic E-state index is 0.696. The van der Waals surface area contributed by atoms with E-state index in [-0.39, 0.29) is 0 Å². The highest BCUT2D eigenvalue weighted by atomic mass is 16.5. The Morgan fingerprint density at radius 3 is 2.44 bits per heavy atom. The van der Waals surface area contributed by atoms with Crippen LogP contribution >= 0.6 is 0 Å². The first kappa shape index (κ1) is 21.7. The molecule has 0 bridgehead atoms. The first-order valence-corrected chi connectivity index (χ1v) is 10.4. The molecule has 2 N–H and O–H groups in total. The normalized spacial score (nSPS) is 15.9. The second-order valence-corrected chi connectivity index (χ2v) is 6.81. The molecule has 152 valence electrons. The van der Waals surface area contributed by atoms with Crippen molar-refractivity contribution in [3.05, 3.63) is 35.4 Å². The maximum atomic E-state index is 5.46. The molecule has 6 heteroatoms. The van der Waals surface area contributed by atoms with E-state index < -0.39 is 0 Å². The Hall–Kier alpha value is -1.63. The molecule has 1 aliphatic heterocycles. The summed E-state index contributed by atoms with van der Waals surface area (Å²) in [6.45, 7) is 16.8. The number of ether oxygens (including phenoxy) is 1. The van der Waals surface area contributed by atoms with Crippen LogP contribution in [0.5, 0.6) is 0 Å². The van der Waals surface area contributed by atoms with E-state index >= 15 is 0 Å². The van der Waals surface area contributed by atoms with E-state index in [9.17, 15) is 0 Å². The van der Waals surface area contributed by atoms with Gasteiger partial charge < -0.3 is 20.3 Å². The lowest BCUT2D eigenvalue weighted by Gasteiger charge is -2.27. The van der Waals surface area contributed by atoms with Crippen LogP contribution in [0.25, 0.3) is 0 Å². The number of rotatable bonds is 10. The lowest BCUT2D eigenvalue weighted by Crippen LogP contribution is -2.41. The molecule has 0 radical (unpaired) electrons. The predicted molar refractivity (Wildman–Crippen MR) is 113 cm³/mol. The molecule has 0 aliphatic carbocycles. The summed E-state index contributed by atoms with van der Waals surface area (Å²) in [5, 5.41) is 6.82. The second kappa shape index (κ2) is 12.7. The molecule has 0 saturated carbocycles. The second-order valence-electron chi connectivity index (χ2n) is 6.81. The van der Waals surface area contributed by atoms with Crippen LogP contribution in [0.4, 0.5) is 0 Å². The number of guanidine groups is 1. The highest BCUT2D eigenvalue weighted by Gasteiger charge is 2.12. The number of nitrogens with zero attached hydrogens (tertiary/aromatic N) is 3. The molecule has 1 heterocycles. The van der Waals surface area contributed by atoms with Crippen molar-refractivity contribution in [3.8, 4) is 0 Å². The van der Waals surface area contributed by atoms with Crippen LogP contribution in [-0.2, 0) is 17.8 Å². The Kier molecular flexibility index (Phi) is 10.2. The molecule has 0 unspecified atom stereocenters. The third-order valence-electron chi connectivity index (χ3n) is 4.98. The molecule has 0 amide bonds. The smallest absolute Gasteiger partial charge is 0.191 e. The van der Waals surface area contributed by atoms with E-state index in [0.29, 0.717) is 6.54 Å². The lowest BCUT2D eigenvalue weighted by atomic mass is 10.1. The number of nitrogens with one attached hydrogen (secondary N) is 2. The van der Waals surface area contributed by atoms with Crippen molar-refractivity contribution >= 4 is 5.96 Å². The Morgan fingerprint density at radius 2 is 1.78 bits per heavy atom. The quantitative estimate of drug-likeness (QED) is 0.483. The molecule has 27 heavy (non-hydrogen) atoms. The van der Waals surface area contributed by atoms with Crippen molar-refractivity contribution < 1.29 is 4.74 Å². The summed E-state index contributed by atoms with van der Waals surface area (Å²) in [5.74, 6) is 0.894. The van der Waals surface area contributed by atoms with Gasteiger partial charge in [0.15, 0.2) is 5.96 Å². The fourth-order valence-electron chi connectivity index (χ4n) is 3.24. The summed E-state index contributed by atoms with van der Waals surface area (Å²) in [6, 6.07) is 8.64. The van der Waals surface area contributed by atoms with Gasteiger partial charge in [-0.05, 0) is 31.1 Å². The molecule has 2 rings (SSSR count). The molecule has 1 aromatic carbocycles. The number of hydrogen-bond donors (Lipinski definition) is 2. The summed E-state index contributed by atoms with van der Waals surface area (Å²) in [4.78, 5) is 9.69. The topological polar surface area (TPSA) is 52.1 Å². The third kappa shape index (κ3) is 7.87. The molecule has 6 nitrogen and oxygen atoms in total. The van der Waals surface area contributed by atoms with E-state index in [0.717, 1.165) is 71.5 Å².